The lowest BCUT2D eigenvalue weighted by molar-refractivity contribution is 0.0562. The molecule has 114 valence electrons. The van der Waals surface area contributed by atoms with Crippen molar-refractivity contribution in [1.29, 1.82) is 0 Å². The number of hydrogen-bond donors (Lipinski definition) is 0. The zero-order valence-corrected chi connectivity index (χ0v) is 11.6. The molecule has 0 radical (unpaired) electrons. The summed E-state index contributed by atoms with van der Waals surface area (Å²) >= 11 is 0. The third-order valence-corrected chi connectivity index (χ3v) is 3.27. The van der Waals surface area contributed by atoms with Crippen molar-refractivity contribution in [3.63, 3.8) is 0 Å². The minimum absolute atomic E-state index is 0.214. The van der Waals surface area contributed by atoms with E-state index in [1.54, 1.807) is 6.92 Å². The van der Waals surface area contributed by atoms with E-state index < -0.39 is 29.2 Å². The molecule has 0 atom stereocenters. The maximum Gasteiger partial charge on any atom is 0.409 e. The predicted molar refractivity (Wildman–Crippen MR) is 70.9 cm³/mol. The largest absolute Gasteiger partial charge is 0.450 e. The van der Waals surface area contributed by atoms with Gasteiger partial charge >= 0.3 is 6.09 Å². The van der Waals surface area contributed by atoms with Crippen molar-refractivity contribution < 1.29 is 23.1 Å². The van der Waals surface area contributed by atoms with Gasteiger partial charge in [-0.25, -0.2) is 13.6 Å². The molecule has 0 spiro atoms. The minimum atomic E-state index is -0.882. The Morgan fingerprint density at radius 1 is 1.10 bits per heavy atom. The summed E-state index contributed by atoms with van der Waals surface area (Å²) in [6.45, 7) is 2.97. The van der Waals surface area contributed by atoms with Crippen LogP contribution in [-0.4, -0.2) is 54.6 Å². The molecule has 5 nitrogen and oxygen atoms in total. The molecule has 0 bridgehead atoms. The van der Waals surface area contributed by atoms with Gasteiger partial charge in [0.2, 0.25) is 0 Å². The second-order valence-electron chi connectivity index (χ2n) is 4.57. The second kappa shape index (κ2) is 6.51. The Balaban J connectivity index is 2.02. The van der Waals surface area contributed by atoms with Crippen molar-refractivity contribution in [2.24, 2.45) is 0 Å². The van der Waals surface area contributed by atoms with Crippen LogP contribution in [-0.2, 0) is 4.74 Å². The van der Waals surface area contributed by atoms with Crippen molar-refractivity contribution >= 4 is 12.0 Å². The van der Waals surface area contributed by atoms with Gasteiger partial charge in [-0.3, -0.25) is 4.79 Å². The van der Waals surface area contributed by atoms with E-state index in [1.165, 1.54) is 15.9 Å². The molecule has 0 aliphatic carbocycles. The zero-order chi connectivity index (χ0) is 15.4. The average molecular weight is 298 g/mol. The van der Waals surface area contributed by atoms with Gasteiger partial charge in [0, 0.05) is 26.2 Å². The number of piperazine rings is 1. The van der Waals surface area contributed by atoms with Crippen LogP contribution < -0.4 is 0 Å². The topological polar surface area (TPSA) is 49.9 Å². The third-order valence-electron chi connectivity index (χ3n) is 3.27. The summed E-state index contributed by atoms with van der Waals surface area (Å²) in [6, 6.07) is 3.30. The summed E-state index contributed by atoms with van der Waals surface area (Å²) in [4.78, 5) is 26.5. The first-order chi connectivity index (χ1) is 10.0. The molecule has 1 saturated heterocycles. The molecule has 7 heteroatoms. The highest BCUT2D eigenvalue weighted by Gasteiger charge is 2.28. The Hall–Kier alpha value is -2.18. The van der Waals surface area contributed by atoms with Crippen LogP contribution >= 0.6 is 0 Å². The van der Waals surface area contributed by atoms with Crippen molar-refractivity contribution in [3.05, 3.63) is 35.4 Å². The Bertz CT molecular complexity index is 523. The number of amides is 2. The smallest absolute Gasteiger partial charge is 0.409 e. The van der Waals surface area contributed by atoms with E-state index in [9.17, 15) is 18.4 Å². The second-order valence-corrected chi connectivity index (χ2v) is 4.57. The van der Waals surface area contributed by atoms with Crippen molar-refractivity contribution in [2.75, 3.05) is 32.8 Å². The first-order valence-corrected chi connectivity index (χ1v) is 6.69. The summed E-state index contributed by atoms with van der Waals surface area (Å²) < 4.78 is 32.0. The summed E-state index contributed by atoms with van der Waals surface area (Å²) in [5.41, 5.74) is -0.554. The first-order valence-electron chi connectivity index (χ1n) is 6.69. The van der Waals surface area contributed by atoms with Crippen LogP contribution in [0, 0.1) is 11.6 Å². The summed E-state index contributed by atoms with van der Waals surface area (Å²) in [5.74, 6) is -2.46. The molecule has 2 amide bonds. The molecule has 0 unspecified atom stereocenters. The summed E-state index contributed by atoms with van der Waals surface area (Å²) in [7, 11) is 0. The van der Waals surface area contributed by atoms with E-state index in [1.807, 2.05) is 0 Å². The fourth-order valence-electron chi connectivity index (χ4n) is 2.17. The van der Waals surface area contributed by atoms with E-state index >= 15 is 0 Å². The normalized spacial score (nSPS) is 15.0. The fourth-order valence-corrected chi connectivity index (χ4v) is 2.17. The molecule has 1 aromatic rings. The Kier molecular flexibility index (Phi) is 4.72. The van der Waals surface area contributed by atoms with E-state index in [-0.39, 0.29) is 32.8 Å². The maximum absolute atomic E-state index is 13.6. The molecule has 1 aromatic carbocycles. The lowest BCUT2D eigenvalue weighted by Gasteiger charge is -2.34. The SMILES string of the molecule is CCOC(=O)N1CCN(C(=O)c2c(F)cccc2F)CC1. The van der Waals surface area contributed by atoms with E-state index in [2.05, 4.69) is 0 Å². The van der Waals surface area contributed by atoms with E-state index in [0.717, 1.165) is 12.1 Å². The highest BCUT2D eigenvalue weighted by molar-refractivity contribution is 5.95. The number of benzene rings is 1. The minimum Gasteiger partial charge on any atom is -0.450 e. The summed E-state index contributed by atoms with van der Waals surface area (Å²) in [6.07, 6.45) is -0.443. The van der Waals surface area contributed by atoms with Crippen LogP contribution in [0.4, 0.5) is 13.6 Å². The average Bonchev–Trinajstić information content (AvgIpc) is 2.47. The van der Waals surface area contributed by atoms with Gasteiger partial charge in [-0.1, -0.05) is 6.07 Å². The van der Waals surface area contributed by atoms with Crippen LogP contribution in [0.25, 0.3) is 0 Å². The molecule has 21 heavy (non-hydrogen) atoms. The van der Waals surface area contributed by atoms with Gasteiger partial charge in [0.05, 0.1) is 6.61 Å². The van der Waals surface area contributed by atoms with E-state index in [0.29, 0.717) is 0 Å². The van der Waals surface area contributed by atoms with Gasteiger partial charge in [-0.05, 0) is 19.1 Å². The van der Waals surface area contributed by atoms with Gasteiger partial charge in [-0.2, -0.15) is 0 Å². The molecule has 2 rings (SSSR count). The van der Waals surface area contributed by atoms with Crippen LogP contribution in [0.5, 0.6) is 0 Å². The van der Waals surface area contributed by atoms with Crippen molar-refractivity contribution in [1.82, 2.24) is 9.80 Å². The quantitative estimate of drug-likeness (QED) is 0.837. The van der Waals surface area contributed by atoms with Crippen LogP contribution in [0.1, 0.15) is 17.3 Å². The molecular formula is C14H16F2N2O3. The van der Waals surface area contributed by atoms with Crippen LogP contribution in [0.3, 0.4) is 0 Å². The highest BCUT2D eigenvalue weighted by atomic mass is 19.1. The monoisotopic (exact) mass is 298 g/mol. The maximum atomic E-state index is 13.6. The molecule has 0 N–H and O–H groups in total. The standard InChI is InChI=1S/C14H16F2N2O3/c1-2-21-14(20)18-8-6-17(7-9-18)13(19)12-10(15)4-3-5-11(12)16/h3-5H,2,6-9H2,1H3. The first kappa shape index (κ1) is 15.2. The molecule has 1 aliphatic heterocycles. The van der Waals surface area contributed by atoms with Crippen molar-refractivity contribution in [2.45, 2.75) is 6.92 Å². The summed E-state index contributed by atoms with van der Waals surface area (Å²) in [5, 5.41) is 0. The van der Waals surface area contributed by atoms with Crippen LogP contribution in [0.2, 0.25) is 0 Å². The van der Waals surface area contributed by atoms with Crippen LogP contribution in [0.15, 0.2) is 18.2 Å². The van der Waals surface area contributed by atoms with Gasteiger partial charge in [-0.15, -0.1) is 0 Å². The number of carbonyl (C=O) groups is 2. The Morgan fingerprint density at radius 3 is 2.14 bits per heavy atom. The lowest BCUT2D eigenvalue weighted by Crippen LogP contribution is -2.51. The predicted octanol–water partition coefficient (Wildman–Crippen LogP) is 1.88. The number of halogens is 2. The molecule has 0 saturated carbocycles. The number of ether oxygens (including phenoxy) is 1. The Morgan fingerprint density at radius 2 is 1.62 bits per heavy atom. The molecule has 1 fully saturated rings. The number of rotatable bonds is 2. The van der Waals surface area contributed by atoms with Gasteiger partial charge < -0.3 is 14.5 Å². The lowest BCUT2D eigenvalue weighted by atomic mass is 10.1. The number of carbonyl (C=O) groups excluding carboxylic acids is 2. The van der Waals surface area contributed by atoms with Crippen molar-refractivity contribution in [3.8, 4) is 0 Å². The van der Waals surface area contributed by atoms with Gasteiger partial charge in [0.15, 0.2) is 0 Å². The number of nitrogens with zero attached hydrogens (tertiary/aromatic N) is 2. The van der Waals surface area contributed by atoms with Gasteiger partial charge in [0.25, 0.3) is 5.91 Å². The molecule has 1 aliphatic rings. The third kappa shape index (κ3) is 3.29. The van der Waals surface area contributed by atoms with E-state index in [4.69, 9.17) is 4.74 Å². The highest BCUT2D eigenvalue weighted by Crippen LogP contribution is 2.16. The Labute approximate surface area is 121 Å². The van der Waals surface area contributed by atoms with Gasteiger partial charge in [0.1, 0.15) is 17.2 Å². The molecule has 1 heterocycles. The molecular weight excluding hydrogens is 282 g/mol. The molecule has 0 aromatic heterocycles. The number of hydrogen-bond acceptors (Lipinski definition) is 3. The zero-order valence-electron chi connectivity index (χ0n) is 11.6. The fraction of sp³-hybridized carbons (Fsp3) is 0.429.